The maximum absolute atomic E-state index is 13.4. The van der Waals surface area contributed by atoms with Gasteiger partial charge in [0.05, 0.1) is 5.69 Å². The van der Waals surface area contributed by atoms with Gasteiger partial charge in [-0.1, -0.05) is 22.9 Å². The fourth-order valence-corrected chi connectivity index (χ4v) is 2.28. The van der Waals surface area contributed by atoms with E-state index >= 15 is 0 Å². The second kappa shape index (κ2) is 6.35. The van der Waals surface area contributed by atoms with Crippen molar-refractivity contribution in [1.29, 1.82) is 0 Å². The van der Waals surface area contributed by atoms with Crippen molar-refractivity contribution in [2.24, 2.45) is 11.8 Å². The monoisotopic (exact) mass is 342 g/mol. The fourth-order valence-electron chi connectivity index (χ4n) is 1.92. The summed E-state index contributed by atoms with van der Waals surface area (Å²) < 4.78 is 14.1. The molecule has 0 heterocycles. The minimum Gasteiger partial charge on any atom is -0.355 e. The summed E-state index contributed by atoms with van der Waals surface area (Å²) in [5.41, 5.74) is 0.131. The van der Waals surface area contributed by atoms with Crippen LogP contribution in [0.3, 0.4) is 0 Å². The van der Waals surface area contributed by atoms with Crippen LogP contribution >= 0.6 is 15.9 Å². The smallest absolute Gasteiger partial charge is 0.226 e. The molecular formula is C14H16BrFN2O2. The van der Waals surface area contributed by atoms with E-state index in [1.54, 1.807) is 6.07 Å². The molecule has 1 aliphatic carbocycles. The number of hydrogen-bond acceptors (Lipinski definition) is 2. The Morgan fingerprint density at radius 1 is 1.45 bits per heavy atom. The lowest BCUT2D eigenvalue weighted by Gasteiger charge is -2.08. The molecule has 1 aromatic rings. The molecule has 4 nitrogen and oxygen atoms in total. The van der Waals surface area contributed by atoms with Gasteiger partial charge in [-0.05, 0) is 30.5 Å². The standard InChI is InChI=1S/C14H16BrFN2O2/c1-8-6-10(8)14(20)17-5-4-13(19)18-12-7-9(15)2-3-11(12)16/h2-3,7-8,10H,4-6H2,1H3,(H,17,20)(H,18,19)/t8-,10+/m1/s1. The largest absolute Gasteiger partial charge is 0.355 e. The molecule has 0 radical (unpaired) electrons. The van der Waals surface area contributed by atoms with E-state index in [-0.39, 0.29) is 36.4 Å². The van der Waals surface area contributed by atoms with Crippen molar-refractivity contribution in [1.82, 2.24) is 5.32 Å². The van der Waals surface area contributed by atoms with Crippen molar-refractivity contribution < 1.29 is 14.0 Å². The molecule has 0 saturated heterocycles. The number of anilines is 1. The predicted molar refractivity (Wildman–Crippen MR) is 77.6 cm³/mol. The molecule has 6 heteroatoms. The van der Waals surface area contributed by atoms with Crippen molar-refractivity contribution in [3.05, 3.63) is 28.5 Å². The van der Waals surface area contributed by atoms with Crippen LogP contribution in [0.25, 0.3) is 0 Å². The Hall–Kier alpha value is -1.43. The molecule has 108 valence electrons. The maximum atomic E-state index is 13.4. The molecule has 1 aliphatic rings. The Morgan fingerprint density at radius 2 is 2.15 bits per heavy atom. The Balaban J connectivity index is 1.75. The van der Waals surface area contributed by atoms with Crippen LogP contribution in [0.4, 0.5) is 10.1 Å². The summed E-state index contributed by atoms with van der Waals surface area (Å²) in [4.78, 5) is 23.2. The molecular weight excluding hydrogens is 327 g/mol. The third-order valence-corrected chi connectivity index (χ3v) is 3.79. The highest BCUT2D eigenvalue weighted by Crippen LogP contribution is 2.37. The number of nitrogens with one attached hydrogen (secondary N) is 2. The average Bonchev–Trinajstić information content (AvgIpc) is 3.11. The van der Waals surface area contributed by atoms with Crippen molar-refractivity contribution >= 4 is 33.4 Å². The summed E-state index contributed by atoms with van der Waals surface area (Å²) >= 11 is 3.21. The van der Waals surface area contributed by atoms with Gasteiger partial charge in [-0.15, -0.1) is 0 Å². The first-order chi connectivity index (χ1) is 9.47. The highest BCUT2D eigenvalue weighted by atomic mass is 79.9. The first kappa shape index (κ1) is 15.0. The lowest BCUT2D eigenvalue weighted by molar-refractivity contribution is -0.122. The molecule has 2 rings (SSSR count). The first-order valence-corrected chi connectivity index (χ1v) is 7.29. The van der Waals surface area contributed by atoms with Gasteiger partial charge in [-0.3, -0.25) is 9.59 Å². The van der Waals surface area contributed by atoms with E-state index in [1.807, 2.05) is 6.92 Å². The van der Waals surface area contributed by atoms with Crippen molar-refractivity contribution in [2.75, 3.05) is 11.9 Å². The molecule has 1 saturated carbocycles. The van der Waals surface area contributed by atoms with Gasteiger partial charge < -0.3 is 10.6 Å². The third kappa shape index (κ3) is 4.03. The van der Waals surface area contributed by atoms with Crippen molar-refractivity contribution in [3.63, 3.8) is 0 Å². The molecule has 1 aromatic carbocycles. The quantitative estimate of drug-likeness (QED) is 0.864. The summed E-state index contributed by atoms with van der Waals surface area (Å²) in [7, 11) is 0. The van der Waals surface area contributed by atoms with Crippen LogP contribution < -0.4 is 10.6 Å². The summed E-state index contributed by atoms with van der Waals surface area (Å²) in [5.74, 6) is -0.275. The topological polar surface area (TPSA) is 58.2 Å². The summed E-state index contributed by atoms with van der Waals surface area (Å²) in [6, 6.07) is 4.33. The van der Waals surface area contributed by atoms with E-state index in [0.29, 0.717) is 10.4 Å². The second-order valence-corrected chi connectivity index (χ2v) is 5.95. The zero-order chi connectivity index (χ0) is 14.7. The molecule has 2 amide bonds. The molecule has 0 spiro atoms. The van der Waals surface area contributed by atoms with E-state index < -0.39 is 5.82 Å². The van der Waals surface area contributed by atoms with Crippen LogP contribution in [0.5, 0.6) is 0 Å². The molecule has 0 bridgehead atoms. The SMILES string of the molecule is C[C@@H]1C[C@@H]1C(=O)NCCC(=O)Nc1cc(Br)ccc1F. The molecule has 20 heavy (non-hydrogen) atoms. The van der Waals surface area contributed by atoms with E-state index in [0.717, 1.165) is 6.42 Å². The first-order valence-electron chi connectivity index (χ1n) is 6.50. The van der Waals surface area contributed by atoms with Crippen molar-refractivity contribution in [3.8, 4) is 0 Å². The Bertz CT molecular complexity index is 536. The number of hydrogen-bond donors (Lipinski definition) is 2. The number of amides is 2. The van der Waals surface area contributed by atoms with Gasteiger partial charge in [0.1, 0.15) is 5.82 Å². The number of carbonyl (C=O) groups excluding carboxylic acids is 2. The van der Waals surface area contributed by atoms with Crippen LogP contribution in [-0.2, 0) is 9.59 Å². The van der Waals surface area contributed by atoms with Crippen LogP contribution in [0.2, 0.25) is 0 Å². The lowest BCUT2D eigenvalue weighted by Crippen LogP contribution is -2.29. The normalized spacial score (nSPS) is 20.4. The summed E-state index contributed by atoms with van der Waals surface area (Å²) in [6.07, 6.45) is 1.04. The molecule has 0 aromatic heterocycles. The number of halogens is 2. The van der Waals surface area contributed by atoms with E-state index in [2.05, 4.69) is 26.6 Å². The van der Waals surface area contributed by atoms with E-state index in [1.165, 1.54) is 12.1 Å². The molecule has 1 fully saturated rings. The number of benzene rings is 1. The van der Waals surface area contributed by atoms with Crippen LogP contribution in [-0.4, -0.2) is 18.4 Å². The van der Waals surface area contributed by atoms with Gasteiger partial charge in [0.25, 0.3) is 0 Å². The van der Waals surface area contributed by atoms with Gasteiger partial charge in [-0.2, -0.15) is 0 Å². The highest BCUT2D eigenvalue weighted by molar-refractivity contribution is 9.10. The van der Waals surface area contributed by atoms with Gasteiger partial charge in [0.15, 0.2) is 0 Å². The Morgan fingerprint density at radius 3 is 2.80 bits per heavy atom. The maximum Gasteiger partial charge on any atom is 0.226 e. The molecule has 0 aliphatic heterocycles. The summed E-state index contributed by atoms with van der Waals surface area (Å²) in [5, 5.41) is 5.20. The predicted octanol–water partition coefficient (Wildman–Crippen LogP) is 2.69. The minimum atomic E-state index is -0.489. The average molecular weight is 343 g/mol. The van der Waals surface area contributed by atoms with Gasteiger partial charge >= 0.3 is 0 Å². The van der Waals surface area contributed by atoms with Crippen LogP contribution in [0.1, 0.15) is 19.8 Å². The van der Waals surface area contributed by atoms with Gasteiger partial charge in [0, 0.05) is 23.4 Å². The molecule has 2 N–H and O–H groups in total. The van der Waals surface area contributed by atoms with E-state index in [4.69, 9.17) is 0 Å². The molecule has 2 atom stereocenters. The third-order valence-electron chi connectivity index (χ3n) is 3.30. The van der Waals surface area contributed by atoms with Crippen LogP contribution in [0, 0.1) is 17.7 Å². The summed E-state index contributed by atoms with van der Waals surface area (Å²) in [6.45, 7) is 2.29. The van der Waals surface area contributed by atoms with Gasteiger partial charge in [-0.25, -0.2) is 4.39 Å². The van der Waals surface area contributed by atoms with Crippen molar-refractivity contribution in [2.45, 2.75) is 19.8 Å². The Kier molecular flexibility index (Phi) is 4.75. The zero-order valence-electron chi connectivity index (χ0n) is 11.1. The minimum absolute atomic E-state index is 0.000985. The van der Waals surface area contributed by atoms with Crippen LogP contribution in [0.15, 0.2) is 22.7 Å². The van der Waals surface area contributed by atoms with Gasteiger partial charge in [0.2, 0.25) is 11.8 Å². The number of carbonyl (C=O) groups is 2. The lowest BCUT2D eigenvalue weighted by atomic mass is 10.3. The Labute approximate surface area is 125 Å². The van der Waals surface area contributed by atoms with E-state index in [9.17, 15) is 14.0 Å². The zero-order valence-corrected chi connectivity index (χ0v) is 12.7. The second-order valence-electron chi connectivity index (χ2n) is 5.03. The fraction of sp³-hybridized carbons (Fsp3) is 0.429. The number of rotatable bonds is 5. The highest BCUT2D eigenvalue weighted by Gasteiger charge is 2.38. The molecule has 0 unspecified atom stereocenters.